The van der Waals surface area contributed by atoms with E-state index in [4.69, 9.17) is 16.0 Å². The maximum atomic E-state index is 12.6. The van der Waals surface area contributed by atoms with Gasteiger partial charge in [0.25, 0.3) is 11.7 Å². The van der Waals surface area contributed by atoms with Gasteiger partial charge in [0.05, 0.1) is 5.69 Å². The number of thioether (sulfide) groups is 1. The van der Waals surface area contributed by atoms with Crippen LogP contribution in [-0.4, -0.2) is 16.6 Å². The number of nitriles is 1. The molecule has 0 aliphatic carbocycles. The number of carbonyl (C=O) groups is 1. The summed E-state index contributed by atoms with van der Waals surface area (Å²) in [5, 5.41) is 14.8. The highest BCUT2D eigenvalue weighted by atomic mass is 35.5. The molecule has 0 bridgehead atoms. The van der Waals surface area contributed by atoms with Crippen molar-refractivity contribution >= 4 is 51.8 Å². The second-order valence-corrected chi connectivity index (χ2v) is 9.13. The highest BCUT2D eigenvalue weighted by Gasteiger charge is 2.14. The first kappa shape index (κ1) is 23.7. The fraction of sp³-hybridized carbons (Fsp3) is 0.0417. The molecule has 0 saturated carbocycles. The van der Waals surface area contributed by atoms with E-state index in [2.05, 4.69) is 10.3 Å². The highest BCUT2D eigenvalue weighted by molar-refractivity contribution is 7.99. The van der Waals surface area contributed by atoms with Crippen molar-refractivity contribution < 1.29 is 18.0 Å². The molecule has 0 unspecified atom stereocenters. The fourth-order valence-corrected chi connectivity index (χ4v) is 4.27. The molecule has 0 radical (unpaired) electrons. The number of hydrogen-bond donors (Lipinski definition) is 1. The molecule has 2 aromatic carbocycles. The Balaban J connectivity index is 1.45. The second kappa shape index (κ2) is 10.7. The van der Waals surface area contributed by atoms with Crippen LogP contribution in [0.25, 0.3) is 28.7 Å². The van der Waals surface area contributed by atoms with Crippen LogP contribution in [0.2, 0.25) is 5.02 Å². The molecule has 4 aromatic rings. The van der Waals surface area contributed by atoms with E-state index in [1.54, 1.807) is 53.9 Å². The molecule has 0 fully saturated rings. The van der Waals surface area contributed by atoms with Crippen molar-refractivity contribution in [1.29, 1.82) is 5.26 Å². The van der Waals surface area contributed by atoms with Gasteiger partial charge in [0, 0.05) is 32.5 Å². The molecule has 1 N–H and O–H groups in total. The first-order valence-electron chi connectivity index (χ1n) is 9.71. The standard InChI is InChI=1S/C24H14ClF2N3O2S2/c25-17-5-1-14(2-6-17)20-13-33-24(29-20)30-22(31)16(12-28)11-18-7-10-21(32-18)15-3-8-19(9-4-15)34-23(26)27/h1-11,13,23H,(H,29,30,31)/b16-11+. The van der Waals surface area contributed by atoms with Crippen LogP contribution in [0.4, 0.5) is 13.9 Å². The van der Waals surface area contributed by atoms with Gasteiger partial charge in [-0.1, -0.05) is 47.6 Å². The lowest BCUT2D eigenvalue weighted by atomic mass is 10.2. The van der Waals surface area contributed by atoms with Crippen molar-refractivity contribution in [1.82, 2.24) is 4.98 Å². The highest BCUT2D eigenvalue weighted by Crippen LogP contribution is 2.30. The Hall–Kier alpha value is -3.45. The number of rotatable bonds is 7. The number of nitrogens with one attached hydrogen (secondary N) is 1. The van der Waals surface area contributed by atoms with E-state index in [9.17, 15) is 18.8 Å². The molecule has 0 spiro atoms. The molecular weight excluding hydrogens is 500 g/mol. The molecule has 0 saturated heterocycles. The topological polar surface area (TPSA) is 78.9 Å². The van der Waals surface area contributed by atoms with E-state index in [-0.39, 0.29) is 5.57 Å². The van der Waals surface area contributed by atoms with Crippen LogP contribution in [0.3, 0.4) is 0 Å². The predicted molar refractivity (Wildman–Crippen MR) is 131 cm³/mol. The number of hydrogen-bond acceptors (Lipinski definition) is 6. The Morgan fingerprint density at radius 3 is 2.50 bits per heavy atom. The van der Waals surface area contributed by atoms with E-state index in [0.29, 0.717) is 49.6 Å². The van der Waals surface area contributed by atoms with E-state index >= 15 is 0 Å². The first-order valence-corrected chi connectivity index (χ1v) is 11.8. The van der Waals surface area contributed by atoms with Gasteiger partial charge in [-0.3, -0.25) is 10.1 Å². The predicted octanol–water partition coefficient (Wildman–Crippen LogP) is 7.58. The van der Waals surface area contributed by atoms with Crippen molar-refractivity contribution in [3.8, 4) is 28.7 Å². The van der Waals surface area contributed by atoms with Crippen molar-refractivity contribution in [3.05, 3.63) is 82.4 Å². The van der Waals surface area contributed by atoms with Crippen LogP contribution < -0.4 is 5.32 Å². The molecule has 170 valence electrons. The number of amides is 1. The lowest BCUT2D eigenvalue weighted by molar-refractivity contribution is -0.112. The number of alkyl halides is 2. The summed E-state index contributed by atoms with van der Waals surface area (Å²) in [7, 11) is 0. The number of benzene rings is 2. The summed E-state index contributed by atoms with van der Waals surface area (Å²) in [5.74, 6) is -2.33. The SMILES string of the molecule is N#C/C(=C\c1ccc(-c2ccc(SC(F)F)cc2)o1)C(=O)Nc1nc(-c2ccc(Cl)cc2)cs1. The average Bonchev–Trinajstić information content (AvgIpc) is 3.48. The van der Waals surface area contributed by atoms with Crippen molar-refractivity contribution in [2.24, 2.45) is 0 Å². The summed E-state index contributed by atoms with van der Waals surface area (Å²) in [5.41, 5.74) is 2.04. The van der Waals surface area contributed by atoms with E-state index in [0.717, 1.165) is 5.56 Å². The van der Waals surface area contributed by atoms with Crippen LogP contribution in [0.5, 0.6) is 0 Å². The maximum Gasteiger partial charge on any atom is 0.288 e. The summed E-state index contributed by atoms with van der Waals surface area (Å²) in [6.07, 6.45) is 1.33. The number of furan rings is 1. The quantitative estimate of drug-likeness (QED) is 0.156. The largest absolute Gasteiger partial charge is 0.457 e. The zero-order valence-corrected chi connectivity index (χ0v) is 19.6. The Morgan fingerprint density at radius 2 is 1.82 bits per heavy atom. The van der Waals surface area contributed by atoms with Crippen molar-refractivity contribution in [2.45, 2.75) is 10.7 Å². The minimum atomic E-state index is -2.49. The van der Waals surface area contributed by atoms with Crippen molar-refractivity contribution in [2.75, 3.05) is 5.32 Å². The van der Waals surface area contributed by atoms with Crippen LogP contribution >= 0.6 is 34.7 Å². The lowest BCUT2D eigenvalue weighted by Gasteiger charge is -2.01. The molecule has 10 heteroatoms. The van der Waals surface area contributed by atoms with Gasteiger partial charge in [0.2, 0.25) is 0 Å². The van der Waals surface area contributed by atoms with E-state index in [1.807, 2.05) is 18.2 Å². The zero-order valence-electron chi connectivity index (χ0n) is 17.2. The second-order valence-electron chi connectivity index (χ2n) is 6.77. The Kier molecular flexibility index (Phi) is 7.43. The first-order chi connectivity index (χ1) is 16.4. The Bertz CT molecular complexity index is 1370. The smallest absolute Gasteiger partial charge is 0.288 e. The van der Waals surface area contributed by atoms with Gasteiger partial charge < -0.3 is 4.42 Å². The number of anilines is 1. The van der Waals surface area contributed by atoms with Gasteiger partial charge in [-0.2, -0.15) is 14.0 Å². The van der Waals surface area contributed by atoms with E-state index < -0.39 is 11.7 Å². The van der Waals surface area contributed by atoms with Gasteiger partial charge in [-0.15, -0.1) is 11.3 Å². The van der Waals surface area contributed by atoms with Gasteiger partial charge in [0.15, 0.2) is 5.13 Å². The third-order valence-electron chi connectivity index (χ3n) is 4.51. The lowest BCUT2D eigenvalue weighted by Crippen LogP contribution is -2.13. The molecule has 5 nitrogen and oxygen atoms in total. The maximum absolute atomic E-state index is 12.6. The normalized spacial score (nSPS) is 11.4. The fourth-order valence-electron chi connectivity index (χ4n) is 2.93. The summed E-state index contributed by atoms with van der Waals surface area (Å²) in [6, 6.07) is 18.8. The average molecular weight is 514 g/mol. The molecular formula is C24H14ClF2N3O2S2. The van der Waals surface area contributed by atoms with Gasteiger partial charge in [-0.05, 0) is 36.4 Å². The number of thiazole rings is 1. The van der Waals surface area contributed by atoms with Gasteiger partial charge in [-0.25, -0.2) is 4.98 Å². The number of nitrogens with zero attached hydrogens (tertiary/aromatic N) is 2. The van der Waals surface area contributed by atoms with Crippen LogP contribution in [-0.2, 0) is 4.79 Å². The minimum absolute atomic E-state index is 0.159. The molecule has 0 aliphatic rings. The Labute approximate surface area is 206 Å². The van der Waals surface area contributed by atoms with Gasteiger partial charge in [0.1, 0.15) is 23.2 Å². The summed E-state index contributed by atoms with van der Waals surface area (Å²) in [6.45, 7) is 0. The summed E-state index contributed by atoms with van der Waals surface area (Å²) < 4.78 is 30.6. The zero-order chi connectivity index (χ0) is 24.1. The molecule has 2 heterocycles. The van der Waals surface area contributed by atoms with E-state index in [1.165, 1.54) is 17.4 Å². The number of aromatic nitrogens is 1. The van der Waals surface area contributed by atoms with Crippen LogP contribution in [0.1, 0.15) is 5.76 Å². The molecule has 0 atom stereocenters. The summed E-state index contributed by atoms with van der Waals surface area (Å²) >= 11 is 7.60. The third-order valence-corrected chi connectivity index (χ3v) is 6.24. The molecule has 34 heavy (non-hydrogen) atoms. The Morgan fingerprint density at radius 1 is 1.12 bits per heavy atom. The monoisotopic (exact) mass is 513 g/mol. The molecule has 2 aromatic heterocycles. The molecule has 0 aliphatic heterocycles. The molecule has 1 amide bonds. The minimum Gasteiger partial charge on any atom is -0.457 e. The third kappa shape index (κ3) is 5.91. The van der Waals surface area contributed by atoms with Gasteiger partial charge >= 0.3 is 0 Å². The summed E-state index contributed by atoms with van der Waals surface area (Å²) in [4.78, 5) is 17.4. The number of carbonyl (C=O) groups excluding carboxylic acids is 1. The van der Waals surface area contributed by atoms with Crippen LogP contribution in [0.15, 0.2) is 80.9 Å². The van der Waals surface area contributed by atoms with Crippen molar-refractivity contribution in [3.63, 3.8) is 0 Å². The molecule has 4 rings (SSSR count). The number of halogens is 3. The van der Waals surface area contributed by atoms with Crippen LogP contribution in [0, 0.1) is 11.3 Å².